The first-order valence-corrected chi connectivity index (χ1v) is 5.95. The van der Waals surface area contributed by atoms with Gasteiger partial charge in [0, 0.05) is 5.56 Å². The van der Waals surface area contributed by atoms with Gasteiger partial charge in [-0.05, 0) is 36.8 Å². The van der Waals surface area contributed by atoms with Crippen molar-refractivity contribution in [3.8, 4) is 11.5 Å². The lowest BCUT2D eigenvalue weighted by atomic mass is 10.1. The van der Waals surface area contributed by atoms with E-state index in [1.54, 1.807) is 12.1 Å². The predicted molar refractivity (Wildman–Crippen MR) is 73.9 cm³/mol. The van der Waals surface area contributed by atoms with Crippen LogP contribution in [0.5, 0.6) is 11.5 Å². The first kappa shape index (κ1) is 13.2. The number of carbonyl (C=O) groups is 1. The van der Waals surface area contributed by atoms with Crippen LogP contribution in [-0.2, 0) is 0 Å². The predicted octanol–water partition coefficient (Wildman–Crippen LogP) is 3.31. The van der Waals surface area contributed by atoms with Crippen LogP contribution in [0.4, 0.5) is 5.69 Å². The second-order valence-electron chi connectivity index (χ2n) is 4.09. The van der Waals surface area contributed by atoms with Crippen molar-refractivity contribution < 1.29 is 15.0 Å². The number of halogens is 1. The molecule has 5 heteroatoms. The maximum Gasteiger partial charge on any atom is 0.255 e. The molecule has 0 atom stereocenters. The molecule has 0 unspecified atom stereocenters. The zero-order valence-electron chi connectivity index (χ0n) is 10.1. The van der Waals surface area contributed by atoms with Crippen LogP contribution in [-0.4, -0.2) is 16.1 Å². The van der Waals surface area contributed by atoms with Gasteiger partial charge in [0.2, 0.25) is 0 Å². The van der Waals surface area contributed by atoms with Gasteiger partial charge in [0.05, 0.1) is 10.7 Å². The lowest BCUT2D eigenvalue weighted by Crippen LogP contribution is -2.13. The van der Waals surface area contributed by atoms with E-state index in [9.17, 15) is 15.0 Å². The quantitative estimate of drug-likeness (QED) is 0.738. The number of benzene rings is 2. The Hall–Kier alpha value is -2.20. The number of hydrogen-bond acceptors (Lipinski definition) is 3. The summed E-state index contributed by atoms with van der Waals surface area (Å²) < 4.78 is 0. The maximum atomic E-state index is 12.0. The highest BCUT2D eigenvalue weighted by Gasteiger charge is 2.12. The highest BCUT2D eigenvalue weighted by Crippen LogP contribution is 2.28. The Kier molecular flexibility index (Phi) is 3.62. The van der Waals surface area contributed by atoms with E-state index >= 15 is 0 Å². The molecule has 19 heavy (non-hydrogen) atoms. The lowest BCUT2D eigenvalue weighted by Gasteiger charge is -2.10. The van der Waals surface area contributed by atoms with Crippen molar-refractivity contribution in [3.63, 3.8) is 0 Å². The molecule has 2 aromatic rings. The number of carbonyl (C=O) groups excluding carboxylic acids is 1. The number of anilines is 1. The smallest absolute Gasteiger partial charge is 0.255 e. The van der Waals surface area contributed by atoms with E-state index in [1.165, 1.54) is 18.2 Å². The highest BCUT2D eigenvalue weighted by atomic mass is 35.5. The summed E-state index contributed by atoms with van der Waals surface area (Å²) in [6, 6.07) is 9.16. The Morgan fingerprint density at radius 1 is 1.16 bits per heavy atom. The summed E-state index contributed by atoms with van der Waals surface area (Å²) in [5.41, 5.74) is 1.60. The molecule has 0 saturated heterocycles. The van der Waals surface area contributed by atoms with Crippen molar-refractivity contribution in [1.29, 1.82) is 0 Å². The van der Waals surface area contributed by atoms with Crippen molar-refractivity contribution >= 4 is 23.2 Å². The zero-order valence-corrected chi connectivity index (χ0v) is 10.9. The minimum absolute atomic E-state index is 0.231. The second kappa shape index (κ2) is 5.20. The number of aryl methyl sites for hydroxylation is 1. The molecule has 0 spiro atoms. The van der Waals surface area contributed by atoms with Gasteiger partial charge < -0.3 is 15.5 Å². The summed E-state index contributed by atoms with van der Waals surface area (Å²) in [6.07, 6.45) is 0. The molecule has 2 rings (SSSR count). The molecular formula is C14H12ClNO3. The third kappa shape index (κ3) is 2.80. The Balaban J connectivity index is 2.28. The average molecular weight is 278 g/mol. The molecule has 98 valence electrons. The Morgan fingerprint density at radius 3 is 2.53 bits per heavy atom. The zero-order chi connectivity index (χ0) is 14.0. The normalized spacial score (nSPS) is 10.2. The van der Waals surface area contributed by atoms with E-state index in [1.807, 2.05) is 13.0 Å². The van der Waals surface area contributed by atoms with Crippen LogP contribution < -0.4 is 5.32 Å². The van der Waals surface area contributed by atoms with E-state index in [4.69, 9.17) is 11.6 Å². The summed E-state index contributed by atoms with van der Waals surface area (Å²) in [5.74, 6) is -1.03. The third-order valence-electron chi connectivity index (χ3n) is 2.70. The number of phenols is 2. The molecule has 0 bridgehead atoms. The van der Waals surface area contributed by atoms with Gasteiger partial charge in [0.25, 0.3) is 5.91 Å². The van der Waals surface area contributed by atoms with Gasteiger partial charge in [-0.25, -0.2) is 0 Å². The van der Waals surface area contributed by atoms with Gasteiger partial charge in [0.15, 0.2) is 11.5 Å². The van der Waals surface area contributed by atoms with Crippen LogP contribution in [0.1, 0.15) is 15.9 Å². The second-order valence-corrected chi connectivity index (χ2v) is 4.50. The highest BCUT2D eigenvalue weighted by molar-refractivity contribution is 6.34. The van der Waals surface area contributed by atoms with Gasteiger partial charge in [-0.2, -0.15) is 0 Å². The molecule has 3 N–H and O–H groups in total. The third-order valence-corrected chi connectivity index (χ3v) is 3.01. The fourth-order valence-electron chi connectivity index (χ4n) is 1.64. The molecule has 0 aliphatic rings. The summed E-state index contributed by atoms with van der Waals surface area (Å²) in [6.45, 7) is 1.83. The van der Waals surface area contributed by atoms with Crippen molar-refractivity contribution in [2.75, 3.05) is 5.32 Å². The van der Waals surface area contributed by atoms with Crippen molar-refractivity contribution in [3.05, 3.63) is 52.5 Å². The Labute approximate surface area is 115 Å². The molecule has 4 nitrogen and oxygen atoms in total. The number of nitrogens with one attached hydrogen (secondary N) is 1. The molecular weight excluding hydrogens is 266 g/mol. The van der Waals surface area contributed by atoms with Gasteiger partial charge in [-0.1, -0.05) is 23.7 Å². The summed E-state index contributed by atoms with van der Waals surface area (Å²) in [7, 11) is 0. The molecule has 2 aromatic carbocycles. The first-order chi connectivity index (χ1) is 8.99. The van der Waals surface area contributed by atoms with Gasteiger partial charge >= 0.3 is 0 Å². The first-order valence-electron chi connectivity index (χ1n) is 5.57. The molecule has 0 fully saturated rings. The molecule has 0 aromatic heterocycles. The SMILES string of the molecule is Cc1cccc(Cl)c1NC(=O)c1ccc(O)c(O)c1. The molecule has 0 heterocycles. The number of rotatable bonds is 2. The monoisotopic (exact) mass is 277 g/mol. The number of hydrogen-bond donors (Lipinski definition) is 3. The van der Waals surface area contributed by atoms with Crippen LogP contribution in [0.3, 0.4) is 0 Å². The number of amides is 1. The van der Waals surface area contributed by atoms with Crippen LogP contribution in [0.2, 0.25) is 5.02 Å². The Bertz CT molecular complexity index is 620. The van der Waals surface area contributed by atoms with Gasteiger partial charge in [0.1, 0.15) is 0 Å². The van der Waals surface area contributed by atoms with Crippen LogP contribution in [0.25, 0.3) is 0 Å². The van der Waals surface area contributed by atoms with E-state index < -0.39 is 5.91 Å². The van der Waals surface area contributed by atoms with E-state index in [2.05, 4.69) is 5.32 Å². The summed E-state index contributed by atoms with van der Waals surface area (Å²) in [4.78, 5) is 12.0. The molecule has 0 aliphatic heterocycles. The number of aromatic hydroxyl groups is 2. The standard InChI is InChI=1S/C14H12ClNO3/c1-8-3-2-4-10(15)13(8)16-14(19)9-5-6-11(17)12(18)7-9/h2-7,17-18H,1H3,(H,16,19). The van der Waals surface area contributed by atoms with Crippen LogP contribution in [0.15, 0.2) is 36.4 Å². The van der Waals surface area contributed by atoms with Crippen LogP contribution >= 0.6 is 11.6 Å². The van der Waals surface area contributed by atoms with Crippen molar-refractivity contribution in [2.24, 2.45) is 0 Å². The lowest BCUT2D eigenvalue weighted by molar-refractivity contribution is 0.102. The molecule has 0 aliphatic carbocycles. The van der Waals surface area contributed by atoms with Gasteiger partial charge in [-0.3, -0.25) is 4.79 Å². The number of para-hydroxylation sites is 1. The largest absolute Gasteiger partial charge is 0.504 e. The molecule has 0 saturated carbocycles. The fourth-order valence-corrected chi connectivity index (χ4v) is 1.91. The molecule has 1 amide bonds. The topological polar surface area (TPSA) is 69.6 Å². The van der Waals surface area contributed by atoms with Gasteiger partial charge in [-0.15, -0.1) is 0 Å². The summed E-state index contributed by atoms with van der Waals surface area (Å²) >= 11 is 6.01. The van der Waals surface area contributed by atoms with Crippen molar-refractivity contribution in [1.82, 2.24) is 0 Å². The van der Waals surface area contributed by atoms with Crippen molar-refractivity contribution in [2.45, 2.75) is 6.92 Å². The number of phenolic OH excluding ortho intramolecular Hbond substituents is 2. The van der Waals surface area contributed by atoms with E-state index in [0.717, 1.165) is 5.56 Å². The molecule has 0 radical (unpaired) electrons. The average Bonchev–Trinajstić information content (AvgIpc) is 2.37. The van der Waals surface area contributed by atoms with Crippen LogP contribution in [0, 0.1) is 6.92 Å². The minimum atomic E-state index is -0.411. The maximum absolute atomic E-state index is 12.0. The minimum Gasteiger partial charge on any atom is -0.504 e. The summed E-state index contributed by atoms with van der Waals surface area (Å²) in [5, 5.41) is 21.7. The fraction of sp³-hybridized carbons (Fsp3) is 0.0714. The van der Waals surface area contributed by atoms with E-state index in [-0.39, 0.29) is 17.1 Å². The Morgan fingerprint density at radius 2 is 1.89 bits per heavy atom. The van der Waals surface area contributed by atoms with E-state index in [0.29, 0.717) is 10.7 Å².